The molecule has 1 aliphatic rings. The van der Waals surface area contributed by atoms with Crippen LogP contribution in [0.3, 0.4) is 0 Å². The molecule has 7 heteroatoms. The van der Waals surface area contributed by atoms with Crippen molar-refractivity contribution in [1.82, 2.24) is 5.32 Å². The third-order valence-corrected chi connectivity index (χ3v) is 4.18. The fourth-order valence-corrected chi connectivity index (χ4v) is 3.06. The van der Waals surface area contributed by atoms with Crippen LogP contribution in [0.5, 0.6) is 0 Å². The standard InChI is InChI=1S/C15H18N2O5/c1-10-11(5-4-6-12(10)17(21)22)14(20)16-15(9-13(18)19)7-2-3-8-15/h4-6H,2-3,7-9H2,1H3,(H,16,20)(H,18,19). The molecule has 7 nitrogen and oxygen atoms in total. The molecule has 1 amide bonds. The lowest BCUT2D eigenvalue weighted by molar-refractivity contribution is -0.385. The van der Waals surface area contributed by atoms with Crippen LogP contribution < -0.4 is 5.32 Å². The molecule has 0 unspecified atom stereocenters. The molecule has 2 N–H and O–H groups in total. The maximum Gasteiger partial charge on any atom is 0.305 e. The summed E-state index contributed by atoms with van der Waals surface area (Å²) in [5.41, 5.74) is -0.370. The summed E-state index contributed by atoms with van der Waals surface area (Å²) in [6, 6.07) is 4.31. The van der Waals surface area contributed by atoms with Crippen molar-refractivity contribution < 1.29 is 19.6 Å². The molecule has 1 saturated carbocycles. The molecule has 0 radical (unpaired) electrons. The number of aliphatic carboxylic acids is 1. The van der Waals surface area contributed by atoms with Gasteiger partial charge in [-0.05, 0) is 25.8 Å². The van der Waals surface area contributed by atoms with Crippen molar-refractivity contribution in [1.29, 1.82) is 0 Å². The van der Waals surface area contributed by atoms with Crippen LogP contribution in [0.15, 0.2) is 18.2 Å². The number of nitro benzene ring substituents is 1. The molecular weight excluding hydrogens is 288 g/mol. The zero-order chi connectivity index (χ0) is 16.3. The first-order chi connectivity index (χ1) is 10.3. The zero-order valence-corrected chi connectivity index (χ0v) is 12.3. The highest BCUT2D eigenvalue weighted by Gasteiger charge is 2.38. The van der Waals surface area contributed by atoms with Gasteiger partial charge in [0.25, 0.3) is 11.6 Å². The second-order valence-electron chi connectivity index (χ2n) is 5.72. The molecule has 1 aliphatic carbocycles. The van der Waals surface area contributed by atoms with Gasteiger partial charge in [0, 0.05) is 17.2 Å². The van der Waals surface area contributed by atoms with E-state index in [0.29, 0.717) is 12.8 Å². The van der Waals surface area contributed by atoms with Gasteiger partial charge in [-0.25, -0.2) is 0 Å². The number of rotatable bonds is 5. The van der Waals surface area contributed by atoms with E-state index in [-0.39, 0.29) is 23.2 Å². The number of carbonyl (C=O) groups is 2. The Labute approximate surface area is 127 Å². The summed E-state index contributed by atoms with van der Waals surface area (Å²) in [5, 5.41) is 22.8. The van der Waals surface area contributed by atoms with E-state index >= 15 is 0 Å². The van der Waals surface area contributed by atoms with Crippen LogP contribution >= 0.6 is 0 Å². The van der Waals surface area contributed by atoms with E-state index in [1.165, 1.54) is 25.1 Å². The van der Waals surface area contributed by atoms with Crippen LogP contribution in [-0.2, 0) is 4.79 Å². The second kappa shape index (κ2) is 6.13. The molecule has 1 fully saturated rings. The van der Waals surface area contributed by atoms with Crippen LogP contribution in [0.1, 0.15) is 48.0 Å². The first-order valence-electron chi connectivity index (χ1n) is 7.13. The average Bonchev–Trinajstić information content (AvgIpc) is 2.85. The number of carboxylic acids is 1. The predicted octanol–water partition coefficient (Wildman–Crippen LogP) is 2.42. The van der Waals surface area contributed by atoms with E-state index in [9.17, 15) is 19.7 Å². The van der Waals surface area contributed by atoms with Gasteiger partial charge in [0.05, 0.1) is 16.9 Å². The second-order valence-corrected chi connectivity index (χ2v) is 5.72. The molecule has 0 aliphatic heterocycles. The quantitative estimate of drug-likeness (QED) is 0.641. The van der Waals surface area contributed by atoms with Crippen molar-refractivity contribution in [3.8, 4) is 0 Å². The van der Waals surface area contributed by atoms with Crippen LogP contribution in [-0.4, -0.2) is 27.4 Å². The lowest BCUT2D eigenvalue weighted by atomic mass is 9.92. The van der Waals surface area contributed by atoms with E-state index in [2.05, 4.69) is 5.32 Å². The summed E-state index contributed by atoms with van der Waals surface area (Å²) in [6.07, 6.45) is 2.81. The number of benzene rings is 1. The highest BCUT2D eigenvalue weighted by Crippen LogP contribution is 2.33. The van der Waals surface area contributed by atoms with E-state index in [4.69, 9.17) is 5.11 Å². The Balaban J connectivity index is 2.26. The molecule has 0 saturated heterocycles. The number of nitrogens with one attached hydrogen (secondary N) is 1. The molecule has 0 atom stereocenters. The Morgan fingerprint density at radius 3 is 2.55 bits per heavy atom. The Morgan fingerprint density at radius 2 is 2.00 bits per heavy atom. The molecule has 2 rings (SSSR count). The van der Waals surface area contributed by atoms with Crippen LogP contribution in [0.2, 0.25) is 0 Å². The predicted molar refractivity (Wildman–Crippen MR) is 78.8 cm³/mol. The Bertz CT molecular complexity index is 620. The molecule has 0 heterocycles. The van der Waals surface area contributed by atoms with E-state index in [1.54, 1.807) is 0 Å². The maximum atomic E-state index is 12.5. The maximum absolute atomic E-state index is 12.5. The number of hydrogen-bond donors (Lipinski definition) is 2. The average molecular weight is 306 g/mol. The number of carbonyl (C=O) groups excluding carboxylic acids is 1. The molecule has 22 heavy (non-hydrogen) atoms. The molecule has 0 bridgehead atoms. The molecule has 1 aromatic carbocycles. The third kappa shape index (κ3) is 3.24. The fraction of sp³-hybridized carbons (Fsp3) is 0.467. The van der Waals surface area contributed by atoms with E-state index in [0.717, 1.165) is 12.8 Å². The highest BCUT2D eigenvalue weighted by molar-refractivity contribution is 5.97. The van der Waals surface area contributed by atoms with Gasteiger partial charge in [-0.1, -0.05) is 18.9 Å². The van der Waals surface area contributed by atoms with Gasteiger partial charge >= 0.3 is 5.97 Å². The van der Waals surface area contributed by atoms with Gasteiger partial charge in [0.1, 0.15) is 0 Å². The smallest absolute Gasteiger partial charge is 0.305 e. The number of carboxylic acid groups (broad SMARTS) is 1. The molecule has 0 aromatic heterocycles. The van der Waals surface area contributed by atoms with Crippen molar-refractivity contribution in [2.45, 2.75) is 44.6 Å². The zero-order valence-electron chi connectivity index (χ0n) is 12.3. The van der Waals surface area contributed by atoms with E-state index < -0.39 is 22.3 Å². The normalized spacial score (nSPS) is 16.2. The summed E-state index contributed by atoms with van der Waals surface area (Å²) in [5.74, 6) is -1.41. The topological polar surface area (TPSA) is 110 Å². The number of hydrogen-bond acceptors (Lipinski definition) is 4. The van der Waals surface area contributed by atoms with Crippen molar-refractivity contribution in [3.05, 3.63) is 39.4 Å². The minimum absolute atomic E-state index is 0.119. The third-order valence-electron chi connectivity index (χ3n) is 4.18. The summed E-state index contributed by atoms with van der Waals surface area (Å²) in [6.45, 7) is 1.52. The molecular formula is C15H18N2O5. The Morgan fingerprint density at radius 1 is 1.36 bits per heavy atom. The number of nitrogens with zero attached hydrogens (tertiary/aromatic N) is 1. The van der Waals surface area contributed by atoms with Crippen LogP contribution in [0.4, 0.5) is 5.69 Å². The first-order valence-corrected chi connectivity index (χ1v) is 7.13. The van der Waals surface area contributed by atoms with Crippen molar-refractivity contribution in [2.24, 2.45) is 0 Å². The monoisotopic (exact) mass is 306 g/mol. The summed E-state index contributed by atoms with van der Waals surface area (Å²) >= 11 is 0. The van der Waals surface area contributed by atoms with Gasteiger partial charge in [0.2, 0.25) is 0 Å². The highest BCUT2D eigenvalue weighted by atomic mass is 16.6. The van der Waals surface area contributed by atoms with Crippen LogP contribution in [0, 0.1) is 17.0 Å². The van der Waals surface area contributed by atoms with Crippen molar-refractivity contribution in [2.75, 3.05) is 0 Å². The summed E-state index contributed by atoms with van der Waals surface area (Å²) in [7, 11) is 0. The lowest BCUT2D eigenvalue weighted by Crippen LogP contribution is -2.48. The summed E-state index contributed by atoms with van der Waals surface area (Å²) < 4.78 is 0. The first kappa shape index (κ1) is 15.9. The number of amides is 1. The SMILES string of the molecule is Cc1c(C(=O)NC2(CC(=O)O)CCCC2)cccc1[N+](=O)[O-]. The van der Waals surface area contributed by atoms with Gasteiger partial charge in [-0.2, -0.15) is 0 Å². The van der Waals surface area contributed by atoms with Crippen molar-refractivity contribution >= 4 is 17.6 Å². The summed E-state index contributed by atoms with van der Waals surface area (Å²) in [4.78, 5) is 33.9. The Hall–Kier alpha value is -2.44. The minimum atomic E-state index is -0.960. The largest absolute Gasteiger partial charge is 0.481 e. The molecule has 1 aromatic rings. The van der Waals surface area contributed by atoms with Crippen LogP contribution in [0.25, 0.3) is 0 Å². The van der Waals surface area contributed by atoms with Crippen molar-refractivity contribution in [3.63, 3.8) is 0 Å². The van der Waals surface area contributed by atoms with Gasteiger partial charge in [-0.15, -0.1) is 0 Å². The lowest BCUT2D eigenvalue weighted by Gasteiger charge is -2.29. The van der Waals surface area contributed by atoms with Gasteiger partial charge < -0.3 is 10.4 Å². The number of nitro groups is 1. The van der Waals surface area contributed by atoms with Gasteiger partial charge in [0.15, 0.2) is 0 Å². The molecule has 0 spiro atoms. The minimum Gasteiger partial charge on any atom is -0.481 e. The van der Waals surface area contributed by atoms with E-state index in [1.807, 2.05) is 0 Å². The fourth-order valence-electron chi connectivity index (χ4n) is 3.06. The van der Waals surface area contributed by atoms with Gasteiger partial charge in [-0.3, -0.25) is 19.7 Å². The Kier molecular flexibility index (Phi) is 4.44. The molecule has 118 valence electrons.